The summed E-state index contributed by atoms with van der Waals surface area (Å²) >= 11 is 2.87. The molecule has 1 amide bonds. The quantitative estimate of drug-likeness (QED) is 0.429. The molecule has 0 saturated heterocycles. The fourth-order valence-electron chi connectivity index (χ4n) is 3.76. The summed E-state index contributed by atoms with van der Waals surface area (Å²) in [6.07, 6.45) is 0.798. The first-order chi connectivity index (χ1) is 15.6. The average molecular weight is 465 g/mol. The number of aromatic nitrogens is 2. The van der Waals surface area contributed by atoms with Gasteiger partial charge in [0.25, 0.3) is 5.91 Å². The lowest BCUT2D eigenvalue weighted by atomic mass is 9.94. The van der Waals surface area contributed by atoms with Crippen LogP contribution in [-0.4, -0.2) is 35.0 Å². The number of benzene rings is 2. The first-order valence-corrected chi connectivity index (χ1v) is 12.0. The third kappa shape index (κ3) is 3.96. The maximum Gasteiger partial charge on any atom is 0.357 e. The van der Waals surface area contributed by atoms with Gasteiger partial charge in [-0.2, -0.15) is 0 Å². The van der Waals surface area contributed by atoms with Crippen molar-refractivity contribution in [3.8, 4) is 0 Å². The molecule has 3 heterocycles. The normalized spacial score (nSPS) is 13.1. The summed E-state index contributed by atoms with van der Waals surface area (Å²) in [6, 6.07) is 13.6. The fourth-order valence-corrected chi connectivity index (χ4v) is 5.44. The number of thiazole rings is 2. The third-order valence-electron chi connectivity index (χ3n) is 5.28. The first-order valence-electron chi connectivity index (χ1n) is 10.3. The highest BCUT2D eigenvalue weighted by molar-refractivity contribution is 7.22. The van der Waals surface area contributed by atoms with Gasteiger partial charge in [-0.25, -0.2) is 14.8 Å². The molecule has 0 fully saturated rings. The highest BCUT2D eigenvalue weighted by Gasteiger charge is 2.25. The molecule has 1 aliphatic heterocycles. The Morgan fingerprint density at radius 2 is 2.03 bits per heavy atom. The number of para-hydroxylation sites is 1. The van der Waals surface area contributed by atoms with Crippen molar-refractivity contribution in [2.75, 3.05) is 23.4 Å². The summed E-state index contributed by atoms with van der Waals surface area (Å²) in [4.78, 5) is 36.2. The zero-order valence-electron chi connectivity index (χ0n) is 17.3. The van der Waals surface area contributed by atoms with Crippen molar-refractivity contribution in [1.82, 2.24) is 9.97 Å². The Bertz CT molecular complexity index is 1280. The van der Waals surface area contributed by atoms with Gasteiger partial charge in [0.2, 0.25) is 0 Å². The molecular weight excluding hydrogens is 444 g/mol. The predicted molar refractivity (Wildman–Crippen MR) is 127 cm³/mol. The van der Waals surface area contributed by atoms with Gasteiger partial charge in [-0.05, 0) is 42.7 Å². The van der Waals surface area contributed by atoms with Gasteiger partial charge < -0.3 is 9.64 Å². The van der Waals surface area contributed by atoms with Crippen molar-refractivity contribution < 1.29 is 14.3 Å². The molecule has 0 radical (unpaired) electrons. The minimum absolute atomic E-state index is 0.172. The Kier molecular flexibility index (Phi) is 5.59. The molecule has 2 aromatic heterocycles. The van der Waals surface area contributed by atoms with Crippen LogP contribution < -0.4 is 10.2 Å². The molecule has 32 heavy (non-hydrogen) atoms. The Morgan fingerprint density at radius 3 is 2.88 bits per heavy atom. The van der Waals surface area contributed by atoms with Crippen molar-refractivity contribution in [2.45, 2.75) is 19.9 Å². The molecule has 7 nitrogen and oxygen atoms in total. The number of carbonyl (C=O) groups excluding carboxylic acids is 2. The number of esters is 1. The van der Waals surface area contributed by atoms with Crippen LogP contribution in [0.3, 0.4) is 0 Å². The lowest BCUT2D eigenvalue weighted by molar-refractivity contribution is 0.0520. The third-order valence-corrected chi connectivity index (χ3v) is 7.13. The van der Waals surface area contributed by atoms with Gasteiger partial charge in [0.15, 0.2) is 16.0 Å². The van der Waals surface area contributed by atoms with Gasteiger partial charge in [-0.3, -0.25) is 10.1 Å². The van der Waals surface area contributed by atoms with E-state index in [0.717, 1.165) is 39.4 Å². The second-order valence-electron chi connectivity index (χ2n) is 7.29. The van der Waals surface area contributed by atoms with E-state index in [0.29, 0.717) is 29.5 Å². The fraction of sp³-hybridized carbons (Fsp3) is 0.217. The van der Waals surface area contributed by atoms with Gasteiger partial charge in [0, 0.05) is 24.0 Å². The standard InChI is InChI=1S/C23H20N4O3S2/c1-2-30-21(29)18-13-31-23(25-18)27-11-10-14-6-5-7-15(16(14)12-27)20(28)26-22-24-17-8-3-4-9-19(17)32-22/h3-9,13H,2,10-12H2,1H3,(H,24,26,28). The minimum atomic E-state index is -0.414. The van der Waals surface area contributed by atoms with Crippen LogP contribution in [0.4, 0.5) is 10.3 Å². The van der Waals surface area contributed by atoms with Gasteiger partial charge in [0.1, 0.15) is 0 Å². The smallest absolute Gasteiger partial charge is 0.357 e. The first kappa shape index (κ1) is 20.6. The van der Waals surface area contributed by atoms with E-state index in [4.69, 9.17) is 4.74 Å². The van der Waals surface area contributed by atoms with E-state index in [9.17, 15) is 9.59 Å². The molecule has 4 aromatic rings. The number of nitrogens with one attached hydrogen (secondary N) is 1. The van der Waals surface area contributed by atoms with Crippen LogP contribution in [0.15, 0.2) is 47.8 Å². The molecule has 5 rings (SSSR count). The molecule has 0 atom stereocenters. The number of anilines is 2. The van der Waals surface area contributed by atoms with Gasteiger partial charge in [-0.1, -0.05) is 35.6 Å². The van der Waals surface area contributed by atoms with Gasteiger partial charge in [-0.15, -0.1) is 11.3 Å². The Morgan fingerprint density at radius 1 is 1.16 bits per heavy atom. The molecule has 162 valence electrons. The summed E-state index contributed by atoms with van der Waals surface area (Å²) in [5.74, 6) is -0.586. The van der Waals surface area contributed by atoms with Gasteiger partial charge >= 0.3 is 5.97 Å². The van der Waals surface area contributed by atoms with Crippen LogP contribution in [-0.2, 0) is 17.7 Å². The van der Waals surface area contributed by atoms with Crippen molar-refractivity contribution in [1.29, 1.82) is 0 Å². The Balaban J connectivity index is 1.38. The second-order valence-corrected chi connectivity index (χ2v) is 9.16. The molecule has 0 unspecified atom stereocenters. The Labute approximate surface area is 192 Å². The summed E-state index contributed by atoms with van der Waals surface area (Å²) < 4.78 is 6.08. The van der Waals surface area contributed by atoms with Crippen LogP contribution in [0.5, 0.6) is 0 Å². The lowest BCUT2D eigenvalue weighted by Crippen LogP contribution is -2.32. The molecule has 2 aromatic carbocycles. The van der Waals surface area contributed by atoms with Crippen molar-refractivity contribution in [3.63, 3.8) is 0 Å². The van der Waals surface area contributed by atoms with Crippen LogP contribution >= 0.6 is 22.7 Å². The Hall–Kier alpha value is -3.30. The predicted octanol–water partition coefficient (Wildman–Crippen LogP) is 4.74. The average Bonchev–Trinajstić information content (AvgIpc) is 3.45. The molecule has 9 heteroatoms. The van der Waals surface area contributed by atoms with E-state index >= 15 is 0 Å². The molecular formula is C23H20N4O3S2. The monoisotopic (exact) mass is 464 g/mol. The minimum Gasteiger partial charge on any atom is -0.461 e. The number of amides is 1. The summed E-state index contributed by atoms with van der Waals surface area (Å²) in [6.45, 7) is 3.41. The molecule has 0 spiro atoms. The molecule has 0 saturated carbocycles. The molecule has 0 bridgehead atoms. The summed E-state index contributed by atoms with van der Waals surface area (Å²) in [7, 11) is 0. The zero-order valence-corrected chi connectivity index (χ0v) is 19.0. The van der Waals surface area contributed by atoms with Crippen LogP contribution in [0.2, 0.25) is 0 Å². The van der Waals surface area contributed by atoms with E-state index in [-0.39, 0.29) is 5.91 Å². The number of hydrogen-bond acceptors (Lipinski definition) is 8. The van der Waals surface area contributed by atoms with E-state index < -0.39 is 5.97 Å². The van der Waals surface area contributed by atoms with E-state index in [1.165, 1.54) is 22.7 Å². The maximum absolute atomic E-state index is 13.1. The zero-order chi connectivity index (χ0) is 22.1. The topological polar surface area (TPSA) is 84.4 Å². The van der Waals surface area contributed by atoms with Crippen LogP contribution in [0.1, 0.15) is 38.9 Å². The van der Waals surface area contributed by atoms with Gasteiger partial charge in [0.05, 0.1) is 16.8 Å². The highest BCUT2D eigenvalue weighted by atomic mass is 32.1. The molecule has 1 aliphatic rings. The van der Waals surface area contributed by atoms with Crippen molar-refractivity contribution in [3.05, 3.63) is 70.2 Å². The molecule has 1 N–H and O–H groups in total. The summed E-state index contributed by atoms with van der Waals surface area (Å²) in [5, 5.41) is 6.01. The number of nitrogens with zero attached hydrogens (tertiary/aromatic N) is 3. The van der Waals surface area contributed by atoms with E-state index in [1.807, 2.05) is 36.4 Å². The second kappa shape index (κ2) is 8.68. The SMILES string of the molecule is CCOC(=O)c1csc(N2CCc3cccc(C(=O)Nc4nc5ccccc5s4)c3C2)n1. The van der Waals surface area contributed by atoms with E-state index in [2.05, 4.69) is 26.3 Å². The maximum atomic E-state index is 13.1. The highest BCUT2D eigenvalue weighted by Crippen LogP contribution is 2.31. The lowest BCUT2D eigenvalue weighted by Gasteiger charge is -2.29. The molecule has 0 aliphatic carbocycles. The number of fused-ring (bicyclic) bond motifs is 2. The van der Waals surface area contributed by atoms with Crippen molar-refractivity contribution >= 4 is 55.0 Å². The summed E-state index contributed by atoms with van der Waals surface area (Å²) in [5.41, 5.74) is 3.95. The van der Waals surface area contributed by atoms with Crippen molar-refractivity contribution in [2.24, 2.45) is 0 Å². The number of carbonyl (C=O) groups is 2. The number of ether oxygens (including phenoxy) is 1. The van der Waals surface area contributed by atoms with Crippen LogP contribution in [0, 0.1) is 0 Å². The number of hydrogen-bond donors (Lipinski definition) is 1. The number of rotatable bonds is 5. The largest absolute Gasteiger partial charge is 0.461 e. The van der Waals surface area contributed by atoms with E-state index in [1.54, 1.807) is 12.3 Å². The van der Waals surface area contributed by atoms with Crippen LogP contribution in [0.25, 0.3) is 10.2 Å².